The van der Waals surface area contributed by atoms with E-state index < -0.39 is 5.60 Å². The molecule has 1 N–H and O–H groups in total. The van der Waals surface area contributed by atoms with Gasteiger partial charge in [-0.05, 0) is 33.9 Å². The van der Waals surface area contributed by atoms with Crippen LogP contribution in [0.5, 0.6) is 0 Å². The summed E-state index contributed by atoms with van der Waals surface area (Å²) < 4.78 is 0. The molecule has 0 spiro atoms. The van der Waals surface area contributed by atoms with Gasteiger partial charge in [-0.1, -0.05) is 0 Å². The quantitative estimate of drug-likeness (QED) is 0.678. The van der Waals surface area contributed by atoms with Gasteiger partial charge >= 0.3 is 0 Å². The van der Waals surface area contributed by atoms with E-state index in [1.165, 1.54) is 13.8 Å². The first kappa shape index (κ1) is 11.5. The summed E-state index contributed by atoms with van der Waals surface area (Å²) in [5.41, 5.74) is -1.25. The maximum atomic E-state index is 11.7. The van der Waals surface area contributed by atoms with Crippen LogP contribution in [0.1, 0.15) is 20.3 Å². The fourth-order valence-corrected chi connectivity index (χ4v) is 1.83. The highest BCUT2D eigenvalue weighted by Gasteiger charge is 2.33. The van der Waals surface area contributed by atoms with Gasteiger partial charge in [-0.25, -0.2) is 0 Å². The summed E-state index contributed by atoms with van der Waals surface area (Å²) in [6, 6.07) is 0.249. The first-order chi connectivity index (χ1) is 6.32. The van der Waals surface area contributed by atoms with Gasteiger partial charge in [0.2, 0.25) is 0 Å². The Morgan fingerprint density at radius 2 is 2.14 bits per heavy atom. The van der Waals surface area contributed by atoms with Crippen molar-refractivity contribution in [2.24, 2.45) is 0 Å². The zero-order valence-corrected chi connectivity index (χ0v) is 9.45. The Hall–Kier alpha value is -0.610. The number of nitrogens with zero attached hydrogens (tertiary/aromatic N) is 2. The molecule has 1 unspecified atom stereocenters. The van der Waals surface area contributed by atoms with E-state index in [9.17, 15) is 9.90 Å². The molecule has 0 aliphatic carbocycles. The number of hydrogen-bond acceptors (Lipinski definition) is 3. The van der Waals surface area contributed by atoms with Gasteiger partial charge in [0.1, 0.15) is 5.60 Å². The molecule has 1 aliphatic heterocycles. The lowest BCUT2D eigenvalue weighted by Gasteiger charge is -2.29. The predicted octanol–water partition coefficient (Wildman–Crippen LogP) is -0.0802. The van der Waals surface area contributed by atoms with Crippen LogP contribution in [0, 0.1) is 0 Å². The minimum atomic E-state index is -1.25. The summed E-state index contributed by atoms with van der Waals surface area (Å²) in [6.07, 6.45) is 0.995. The van der Waals surface area contributed by atoms with Crippen LogP contribution in [0.3, 0.4) is 0 Å². The fraction of sp³-hybridized carbons (Fsp3) is 0.900. The lowest BCUT2D eigenvalue weighted by atomic mass is 10.1. The van der Waals surface area contributed by atoms with E-state index in [2.05, 4.69) is 4.90 Å². The Bertz CT molecular complexity index is 223. The monoisotopic (exact) mass is 200 g/mol. The van der Waals surface area contributed by atoms with Crippen LogP contribution in [0.15, 0.2) is 0 Å². The van der Waals surface area contributed by atoms with Gasteiger partial charge in [-0.2, -0.15) is 0 Å². The Morgan fingerprint density at radius 3 is 2.50 bits per heavy atom. The largest absolute Gasteiger partial charge is 0.381 e. The van der Waals surface area contributed by atoms with Gasteiger partial charge in [0.25, 0.3) is 5.91 Å². The highest BCUT2D eigenvalue weighted by molar-refractivity contribution is 5.84. The van der Waals surface area contributed by atoms with Gasteiger partial charge in [0.15, 0.2) is 0 Å². The van der Waals surface area contributed by atoms with Crippen LogP contribution < -0.4 is 0 Å². The molecule has 1 atom stereocenters. The zero-order chi connectivity index (χ0) is 10.9. The number of aliphatic hydroxyl groups is 1. The highest BCUT2D eigenvalue weighted by Crippen LogP contribution is 2.16. The highest BCUT2D eigenvalue weighted by atomic mass is 16.3. The van der Waals surface area contributed by atoms with E-state index in [-0.39, 0.29) is 11.9 Å². The smallest absolute Gasteiger partial charge is 0.253 e. The molecule has 4 nitrogen and oxygen atoms in total. The minimum absolute atomic E-state index is 0.196. The summed E-state index contributed by atoms with van der Waals surface area (Å²) in [5.74, 6) is -0.196. The number of rotatable bonds is 2. The lowest BCUT2D eigenvalue weighted by Crippen LogP contribution is -2.48. The van der Waals surface area contributed by atoms with Crippen molar-refractivity contribution in [1.29, 1.82) is 0 Å². The second-order valence-electron chi connectivity index (χ2n) is 4.68. The van der Waals surface area contributed by atoms with Gasteiger partial charge in [0, 0.05) is 19.6 Å². The molecule has 1 aliphatic rings. The summed E-state index contributed by atoms with van der Waals surface area (Å²) in [5, 5.41) is 9.58. The molecule has 1 heterocycles. The van der Waals surface area contributed by atoms with E-state index in [0.717, 1.165) is 19.5 Å². The summed E-state index contributed by atoms with van der Waals surface area (Å²) in [4.78, 5) is 15.6. The van der Waals surface area contributed by atoms with E-state index in [1.54, 1.807) is 11.9 Å². The number of hydrogen-bond donors (Lipinski definition) is 1. The molecule has 82 valence electrons. The minimum Gasteiger partial charge on any atom is -0.381 e. The Kier molecular flexibility index (Phi) is 3.17. The molecular weight excluding hydrogens is 180 g/mol. The second-order valence-corrected chi connectivity index (χ2v) is 4.68. The molecule has 1 saturated heterocycles. The van der Waals surface area contributed by atoms with Crippen LogP contribution in [-0.2, 0) is 4.79 Å². The maximum absolute atomic E-state index is 11.7. The molecule has 0 saturated carbocycles. The van der Waals surface area contributed by atoms with Crippen molar-refractivity contribution in [3.63, 3.8) is 0 Å². The van der Waals surface area contributed by atoms with E-state index in [1.807, 2.05) is 7.05 Å². The molecule has 0 aromatic carbocycles. The first-order valence-corrected chi connectivity index (χ1v) is 5.00. The Balaban J connectivity index is 2.57. The zero-order valence-electron chi connectivity index (χ0n) is 9.45. The third kappa shape index (κ3) is 2.45. The molecule has 1 amide bonds. The third-order valence-electron chi connectivity index (χ3n) is 2.76. The molecule has 4 heteroatoms. The van der Waals surface area contributed by atoms with Crippen LogP contribution in [0.4, 0.5) is 0 Å². The molecule has 14 heavy (non-hydrogen) atoms. The molecular formula is C10H20N2O2. The topological polar surface area (TPSA) is 43.8 Å². The second kappa shape index (κ2) is 3.87. The molecule has 0 radical (unpaired) electrons. The third-order valence-corrected chi connectivity index (χ3v) is 2.76. The predicted molar refractivity (Wildman–Crippen MR) is 55.0 cm³/mol. The average molecular weight is 200 g/mol. The molecule has 1 fully saturated rings. The number of carbonyl (C=O) groups is 1. The van der Waals surface area contributed by atoms with Gasteiger partial charge in [-0.15, -0.1) is 0 Å². The van der Waals surface area contributed by atoms with E-state index in [4.69, 9.17) is 0 Å². The average Bonchev–Trinajstić information content (AvgIpc) is 2.47. The number of likely N-dealkylation sites (N-methyl/N-ethyl adjacent to an activating group) is 2. The van der Waals surface area contributed by atoms with Gasteiger partial charge < -0.3 is 14.9 Å². The van der Waals surface area contributed by atoms with Crippen molar-refractivity contribution in [2.45, 2.75) is 31.9 Å². The lowest BCUT2D eigenvalue weighted by molar-refractivity contribution is -0.148. The summed E-state index contributed by atoms with van der Waals surface area (Å²) >= 11 is 0. The van der Waals surface area contributed by atoms with Gasteiger partial charge in [-0.3, -0.25) is 4.79 Å². The maximum Gasteiger partial charge on any atom is 0.253 e. The fourth-order valence-electron chi connectivity index (χ4n) is 1.83. The van der Waals surface area contributed by atoms with Crippen molar-refractivity contribution < 1.29 is 9.90 Å². The molecule has 1 rings (SSSR count). The van der Waals surface area contributed by atoms with Crippen molar-refractivity contribution >= 4 is 5.91 Å². The Labute approximate surface area is 85.5 Å². The van der Waals surface area contributed by atoms with E-state index >= 15 is 0 Å². The Morgan fingerprint density at radius 1 is 1.57 bits per heavy atom. The van der Waals surface area contributed by atoms with Crippen LogP contribution in [-0.4, -0.2) is 59.6 Å². The van der Waals surface area contributed by atoms with Crippen LogP contribution in [0.25, 0.3) is 0 Å². The van der Waals surface area contributed by atoms with Crippen molar-refractivity contribution in [2.75, 3.05) is 27.2 Å². The number of amides is 1. The molecule has 0 bridgehead atoms. The van der Waals surface area contributed by atoms with Crippen LogP contribution in [0.2, 0.25) is 0 Å². The first-order valence-electron chi connectivity index (χ1n) is 5.00. The van der Waals surface area contributed by atoms with Crippen LogP contribution >= 0.6 is 0 Å². The standard InChI is InChI=1S/C10H20N2O2/c1-10(2,14)9(13)12(4)8-5-6-11(3)7-8/h8,14H,5-7H2,1-4H3. The SMILES string of the molecule is CN1CCC(N(C)C(=O)C(C)(C)O)C1. The summed E-state index contributed by atoms with van der Waals surface area (Å²) in [6.45, 7) is 4.99. The molecule has 0 aromatic heterocycles. The van der Waals surface area contributed by atoms with Crippen molar-refractivity contribution in [3.8, 4) is 0 Å². The number of carbonyl (C=O) groups excluding carboxylic acids is 1. The van der Waals surface area contributed by atoms with Gasteiger partial charge in [0.05, 0.1) is 0 Å². The number of likely N-dealkylation sites (tertiary alicyclic amines) is 1. The summed E-state index contributed by atoms with van der Waals surface area (Å²) in [7, 11) is 3.81. The van der Waals surface area contributed by atoms with Crippen molar-refractivity contribution in [3.05, 3.63) is 0 Å². The normalized spacial score (nSPS) is 23.9. The molecule has 0 aromatic rings. The van der Waals surface area contributed by atoms with Crippen molar-refractivity contribution in [1.82, 2.24) is 9.80 Å². The van der Waals surface area contributed by atoms with E-state index in [0.29, 0.717) is 0 Å².